The summed E-state index contributed by atoms with van der Waals surface area (Å²) in [5.41, 5.74) is 5.73. The SMILES string of the molecule is O=[N+]([O-])c1ccc(SC2CCCCC2)c(C=NNc2nc(-c3ccccc3)cs2)c1. The average Bonchev–Trinajstić information content (AvgIpc) is 3.25. The van der Waals surface area contributed by atoms with Crippen LogP contribution >= 0.6 is 23.1 Å². The Bertz CT molecular complexity index is 1030. The van der Waals surface area contributed by atoms with E-state index in [2.05, 4.69) is 15.5 Å². The van der Waals surface area contributed by atoms with Gasteiger partial charge in [-0.05, 0) is 18.9 Å². The molecule has 4 rings (SSSR count). The minimum atomic E-state index is -0.368. The van der Waals surface area contributed by atoms with E-state index in [0.29, 0.717) is 10.4 Å². The number of thiazole rings is 1. The zero-order chi connectivity index (χ0) is 20.8. The number of nitrogens with zero attached hydrogens (tertiary/aromatic N) is 3. The van der Waals surface area contributed by atoms with Gasteiger partial charge in [-0.3, -0.25) is 15.5 Å². The smallest absolute Gasteiger partial charge is 0.258 e. The molecule has 1 N–H and O–H groups in total. The standard InChI is InChI=1S/C22H22N4O2S2/c27-26(28)18-11-12-21(30-19-9-5-2-6-10-19)17(13-18)14-23-25-22-24-20(15-29-22)16-7-3-1-4-8-16/h1,3-4,7-8,11-15,19H,2,5-6,9-10H2,(H,24,25). The molecule has 0 radical (unpaired) electrons. The van der Waals surface area contributed by atoms with Gasteiger partial charge in [-0.15, -0.1) is 23.1 Å². The number of nitro benzene ring substituents is 1. The van der Waals surface area contributed by atoms with E-state index in [0.717, 1.165) is 21.7 Å². The van der Waals surface area contributed by atoms with Crippen LogP contribution in [0.25, 0.3) is 11.3 Å². The second-order valence-electron chi connectivity index (χ2n) is 7.13. The molecule has 1 aromatic heterocycles. The number of rotatable bonds is 7. The number of hydrogen-bond acceptors (Lipinski definition) is 7. The lowest BCUT2D eigenvalue weighted by atomic mass is 10.0. The lowest BCUT2D eigenvalue weighted by Gasteiger charge is -2.21. The zero-order valence-corrected chi connectivity index (χ0v) is 18.0. The molecule has 0 bridgehead atoms. The molecule has 0 saturated heterocycles. The summed E-state index contributed by atoms with van der Waals surface area (Å²) in [5.74, 6) is 0. The first-order valence-corrected chi connectivity index (χ1v) is 11.7. The third kappa shape index (κ3) is 5.25. The predicted molar refractivity (Wildman–Crippen MR) is 125 cm³/mol. The van der Waals surface area contributed by atoms with Gasteiger partial charge in [-0.1, -0.05) is 49.6 Å². The van der Waals surface area contributed by atoms with Crippen LogP contribution in [0, 0.1) is 10.1 Å². The number of nitrogens with one attached hydrogen (secondary N) is 1. The van der Waals surface area contributed by atoms with Gasteiger partial charge in [0, 0.05) is 38.8 Å². The van der Waals surface area contributed by atoms with Crippen LogP contribution in [0.3, 0.4) is 0 Å². The fourth-order valence-electron chi connectivity index (χ4n) is 3.44. The first-order chi connectivity index (χ1) is 14.7. The quantitative estimate of drug-likeness (QED) is 0.256. The Hall–Kier alpha value is -2.71. The maximum absolute atomic E-state index is 11.2. The Morgan fingerprint density at radius 2 is 1.97 bits per heavy atom. The zero-order valence-electron chi connectivity index (χ0n) is 16.4. The van der Waals surface area contributed by atoms with Gasteiger partial charge in [0.05, 0.1) is 16.8 Å². The van der Waals surface area contributed by atoms with Gasteiger partial charge in [-0.25, -0.2) is 4.98 Å². The number of benzene rings is 2. The van der Waals surface area contributed by atoms with Gasteiger partial charge in [0.1, 0.15) is 0 Å². The van der Waals surface area contributed by atoms with E-state index in [1.165, 1.54) is 43.4 Å². The molecule has 30 heavy (non-hydrogen) atoms. The van der Waals surface area contributed by atoms with Crippen molar-refractivity contribution in [1.82, 2.24) is 4.98 Å². The number of non-ortho nitro benzene ring substituents is 1. The summed E-state index contributed by atoms with van der Waals surface area (Å²) in [6, 6.07) is 15.0. The molecule has 0 aliphatic heterocycles. The van der Waals surface area contributed by atoms with Crippen LogP contribution in [0.5, 0.6) is 0 Å². The molecule has 3 aromatic rings. The molecule has 1 fully saturated rings. The molecule has 6 nitrogen and oxygen atoms in total. The van der Waals surface area contributed by atoms with E-state index in [4.69, 9.17) is 0 Å². The number of thioether (sulfide) groups is 1. The van der Waals surface area contributed by atoms with Crippen molar-refractivity contribution >= 4 is 40.1 Å². The second kappa shape index (κ2) is 9.86. The van der Waals surface area contributed by atoms with Gasteiger partial charge >= 0.3 is 0 Å². The summed E-state index contributed by atoms with van der Waals surface area (Å²) in [6.45, 7) is 0. The number of anilines is 1. The Morgan fingerprint density at radius 1 is 1.17 bits per heavy atom. The van der Waals surface area contributed by atoms with E-state index in [1.807, 2.05) is 41.8 Å². The average molecular weight is 439 g/mol. The molecule has 0 atom stereocenters. The van der Waals surface area contributed by atoms with Gasteiger partial charge in [0.2, 0.25) is 5.13 Å². The van der Waals surface area contributed by atoms with Crippen LogP contribution in [-0.2, 0) is 0 Å². The molecule has 2 aromatic carbocycles. The van der Waals surface area contributed by atoms with Gasteiger partial charge < -0.3 is 0 Å². The molecule has 0 unspecified atom stereocenters. The Labute approximate surface area is 183 Å². The van der Waals surface area contributed by atoms with Gasteiger partial charge in [0.15, 0.2) is 0 Å². The van der Waals surface area contributed by atoms with Crippen LogP contribution in [0.15, 0.2) is 63.9 Å². The molecule has 0 spiro atoms. The highest BCUT2D eigenvalue weighted by molar-refractivity contribution is 8.00. The van der Waals surface area contributed by atoms with Crippen LogP contribution in [0.2, 0.25) is 0 Å². The van der Waals surface area contributed by atoms with E-state index in [-0.39, 0.29) is 10.6 Å². The van der Waals surface area contributed by atoms with Crippen LogP contribution < -0.4 is 5.43 Å². The highest BCUT2D eigenvalue weighted by Gasteiger charge is 2.17. The predicted octanol–water partition coefficient (Wildman–Crippen LogP) is 6.59. The van der Waals surface area contributed by atoms with Gasteiger partial charge in [-0.2, -0.15) is 5.10 Å². The van der Waals surface area contributed by atoms with E-state index < -0.39 is 0 Å². The number of nitro groups is 1. The normalized spacial score (nSPS) is 14.8. The molecule has 154 valence electrons. The van der Waals surface area contributed by atoms with Crippen molar-refractivity contribution in [3.05, 3.63) is 69.6 Å². The minimum absolute atomic E-state index is 0.0741. The summed E-state index contributed by atoms with van der Waals surface area (Å²) in [5, 5.41) is 18.7. The minimum Gasteiger partial charge on any atom is -0.258 e. The van der Waals surface area contributed by atoms with Crippen molar-refractivity contribution < 1.29 is 4.92 Å². The molecular weight excluding hydrogens is 416 g/mol. The summed E-state index contributed by atoms with van der Waals surface area (Å²) < 4.78 is 0. The first-order valence-electron chi connectivity index (χ1n) is 9.94. The summed E-state index contributed by atoms with van der Waals surface area (Å²) in [4.78, 5) is 16.4. The number of aromatic nitrogens is 1. The van der Waals surface area contributed by atoms with Crippen molar-refractivity contribution in [1.29, 1.82) is 0 Å². The lowest BCUT2D eigenvalue weighted by molar-refractivity contribution is -0.384. The Morgan fingerprint density at radius 3 is 2.73 bits per heavy atom. The summed E-state index contributed by atoms with van der Waals surface area (Å²) >= 11 is 3.28. The Balaban J connectivity index is 1.49. The van der Waals surface area contributed by atoms with Crippen molar-refractivity contribution in [2.75, 3.05) is 5.43 Å². The van der Waals surface area contributed by atoms with Crippen molar-refractivity contribution in [3.8, 4) is 11.3 Å². The maximum atomic E-state index is 11.2. The lowest BCUT2D eigenvalue weighted by Crippen LogP contribution is -2.08. The monoisotopic (exact) mass is 438 g/mol. The molecule has 1 aliphatic rings. The molecule has 1 aliphatic carbocycles. The fourth-order valence-corrected chi connectivity index (χ4v) is 5.43. The maximum Gasteiger partial charge on any atom is 0.270 e. The van der Waals surface area contributed by atoms with Gasteiger partial charge in [0.25, 0.3) is 5.69 Å². The van der Waals surface area contributed by atoms with E-state index in [1.54, 1.807) is 30.1 Å². The van der Waals surface area contributed by atoms with Crippen molar-refractivity contribution in [2.24, 2.45) is 5.10 Å². The largest absolute Gasteiger partial charge is 0.270 e. The van der Waals surface area contributed by atoms with Crippen LogP contribution in [0.4, 0.5) is 10.8 Å². The fraction of sp³-hybridized carbons (Fsp3) is 0.273. The third-order valence-electron chi connectivity index (χ3n) is 4.99. The highest BCUT2D eigenvalue weighted by Crippen LogP contribution is 2.36. The highest BCUT2D eigenvalue weighted by atomic mass is 32.2. The third-order valence-corrected chi connectivity index (χ3v) is 7.16. The van der Waals surface area contributed by atoms with E-state index >= 15 is 0 Å². The topological polar surface area (TPSA) is 80.4 Å². The second-order valence-corrected chi connectivity index (χ2v) is 9.33. The summed E-state index contributed by atoms with van der Waals surface area (Å²) in [7, 11) is 0. The molecular formula is C22H22N4O2S2. The van der Waals surface area contributed by atoms with Crippen LogP contribution in [0.1, 0.15) is 37.7 Å². The van der Waals surface area contributed by atoms with Crippen LogP contribution in [-0.4, -0.2) is 21.4 Å². The summed E-state index contributed by atoms with van der Waals surface area (Å²) in [6.07, 6.45) is 7.85. The van der Waals surface area contributed by atoms with Crippen molar-refractivity contribution in [2.45, 2.75) is 42.2 Å². The number of hydrazone groups is 1. The molecule has 8 heteroatoms. The molecule has 0 amide bonds. The first kappa shape index (κ1) is 20.6. The molecule has 1 saturated carbocycles. The van der Waals surface area contributed by atoms with E-state index in [9.17, 15) is 10.1 Å². The Kier molecular flexibility index (Phi) is 6.76. The van der Waals surface area contributed by atoms with Crippen molar-refractivity contribution in [3.63, 3.8) is 0 Å². The number of hydrogen-bond donors (Lipinski definition) is 1. The molecule has 1 heterocycles.